The van der Waals surface area contributed by atoms with Crippen LogP contribution in [0.15, 0.2) is 12.7 Å². The molecule has 0 spiro atoms. The molecule has 0 bridgehead atoms. The molecular formula is C10H16N2O3S. The first-order valence-corrected chi connectivity index (χ1v) is 6.41. The second-order valence-electron chi connectivity index (χ2n) is 3.69. The zero-order valence-corrected chi connectivity index (χ0v) is 9.79. The minimum absolute atomic E-state index is 0.146. The molecule has 1 rings (SSSR count). The van der Waals surface area contributed by atoms with Crippen molar-refractivity contribution < 1.29 is 14.1 Å². The molecular weight excluding hydrogens is 228 g/mol. The number of carbonyl (C=O) groups is 2. The third-order valence-electron chi connectivity index (χ3n) is 2.29. The zero-order valence-electron chi connectivity index (χ0n) is 8.98. The van der Waals surface area contributed by atoms with Crippen LogP contribution in [0.5, 0.6) is 0 Å². The Morgan fingerprint density at radius 1 is 1.62 bits per heavy atom. The Morgan fingerprint density at radius 3 is 2.81 bits per heavy atom. The summed E-state index contributed by atoms with van der Waals surface area (Å²) in [5, 5.41) is 2.67. The lowest BCUT2D eigenvalue weighted by atomic mass is 10.1. The van der Waals surface area contributed by atoms with Crippen LogP contribution in [0.4, 0.5) is 0 Å². The van der Waals surface area contributed by atoms with Crippen molar-refractivity contribution in [3.8, 4) is 0 Å². The highest BCUT2D eigenvalue weighted by Gasteiger charge is 2.36. The molecule has 0 aliphatic heterocycles. The second-order valence-corrected chi connectivity index (χ2v) is 5.15. The lowest BCUT2D eigenvalue weighted by Gasteiger charge is -2.12. The normalized spacial score (nSPS) is 18.3. The molecule has 1 aliphatic carbocycles. The molecule has 0 aromatic carbocycles. The van der Waals surface area contributed by atoms with Gasteiger partial charge < -0.3 is 9.87 Å². The van der Waals surface area contributed by atoms with Gasteiger partial charge in [0.2, 0.25) is 6.41 Å². The fraction of sp³-hybridized carbons (Fsp3) is 0.600. The molecule has 0 saturated heterocycles. The van der Waals surface area contributed by atoms with E-state index in [4.69, 9.17) is 0 Å². The predicted molar refractivity (Wildman–Crippen MR) is 61.7 cm³/mol. The maximum atomic E-state index is 11.4. The summed E-state index contributed by atoms with van der Waals surface area (Å²) in [6, 6.07) is -0.211. The van der Waals surface area contributed by atoms with Gasteiger partial charge in [0.05, 0.1) is 11.4 Å². The van der Waals surface area contributed by atoms with Crippen molar-refractivity contribution in [1.29, 1.82) is 0 Å². The van der Waals surface area contributed by atoms with Crippen LogP contribution in [0, 0.1) is 0 Å². The molecule has 2 amide bonds. The molecule has 2 atom stereocenters. The number of carbonyl (C=O) groups excluding carboxylic acids is 2. The van der Waals surface area contributed by atoms with Crippen LogP contribution < -0.4 is 10.0 Å². The van der Waals surface area contributed by atoms with E-state index in [1.54, 1.807) is 6.08 Å². The van der Waals surface area contributed by atoms with E-state index in [1.165, 1.54) is 0 Å². The number of rotatable bonds is 8. The quantitative estimate of drug-likeness (QED) is 0.358. The SMILES string of the molecule is C=CC(CCC(=O)N[S+]([O-])C1CC1)NC=O. The minimum Gasteiger partial charge on any atom is -0.593 e. The molecule has 1 aliphatic rings. The average Bonchev–Trinajstić information content (AvgIpc) is 3.07. The van der Waals surface area contributed by atoms with E-state index in [-0.39, 0.29) is 23.6 Å². The Bertz CT molecular complexity index is 269. The van der Waals surface area contributed by atoms with Crippen molar-refractivity contribution in [2.24, 2.45) is 0 Å². The molecule has 0 heterocycles. The minimum atomic E-state index is -1.23. The van der Waals surface area contributed by atoms with Crippen molar-refractivity contribution >= 4 is 23.7 Å². The Hall–Kier alpha value is -1.01. The first-order chi connectivity index (χ1) is 7.67. The summed E-state index contributed by atoms with van der Waals surface area (Å²) in [4.78, 5) is 21.5. The molecule has 0 aromatic rings. The number of hydrogen-bond donors (Lipinski definition) is 2. The molecule has 2 unspecified atom stereocenters. The third-order valence-corrected chi connectivity index (χ3v) is 3.80. The monoisotopic (exact) mass is 244 g/mol. The van der Waals surface area contributed by atoms with Crippen LogP contribution in [0.1, 0.15) is 25.7 Å². The molecule has 16 heavy (non-hydrogen) atoms. The van der Waals surface area contributed by atoms with E-state index in [0.29, 0.717) is 12.8 Å². The van der Waals surface area contributed by atoms with Crippen molar-refractivity contribution in [3.05, 3.63) is 12.7 Å². The fourth-order valence-corrected chi connectivity index (χ4v) is 2.23. The molecule has 1 saturated carbocycles. The van der Waals surface area contributed by atoms with Crippen molar-refractivity contribution in [2.45, 2.75) is 37.0 Å². The smallest absolute Gasteiger partial charge is 0.261 e. The zero-order chi connectivity index (χ0) is 12.0. The van der Waals surface area contributed by atoms with Gasteiger partial charge >= 0.3 is 0 Å². The number of amides is 2. The maximum absolute atomic E-state index is 11.4. The lowest BCUT2D eigenvalue weighted by Crippen LogP contribution is -2.34. The van der Waals surface area contributed by atoms with Gasteiger partial charge in [0, 0.05) is 25.3 Å². The molecule has 1 fully saturated rings. The number of nitrogens with one attached hydrogen (secondary N) is 2. The van der Waals surface area contributed by atoms with Crippen LogP contribution in [0.3, 0.4) is 0 Å². The summed E-state index contributed by atoms with van der Waals surface area (Å²) in [5.74, 6) is -0.246. The summed E-state index contributed by atoms with van der Waals surface area (Å²) >= 11 is -1.23. The standard InChI is InChI=1S/C10H16N2O3S/c1-2-8(11-7-13)3-6-10(14)12-16(15)9-4-5-9/h2,7-9H,1,3-6H2,(H,11,13)(H,12,14). The maximum Gasteiger partial charge on any atom is 0.261 e. The molecule has 5 nitrogen and oxygen atoms in total. The highest BCUT2D eigenvalue weighted by Crippen LogP contribution is 2.27. The highest BCUT2D eigenvalue weighted by atomic mass is 32.2. The second kappa shape index (κ2) is 6.55. The largest absolute Gasteiger partial charge is 0.593 e. The average molecular weight is 244 g/mol. The summed E-state index contributed by atoms with van der Waals surface area (Å²) in [6.45, 7) is 3.54. The summed E-state index contributed by atoms with van der Waals surface area (Å²) < 4.78 is 13.8. The van der Waals surface area contributed by atoms with E-state index >= 15 is 0 Å². The van der Waals surface area contributed by atoms with Gasteiger partial charge in [-0.2, -0.15) is 4.72 Å². The van der Waals surface area contributed by atoms with Gasteiger partial charge in [0.25, 0.3) is 5.91 Å². The topological polar surface area (TPSA) is 81.3 Å². The van der Waals surface area contributed by atoms with Crippen molar-refractivity contribution in [1.82, 2.24) is 10.0 Å². The molecule has 0 radical (unpaired) electrons. The van der Waals surface area contributed by atoms with E-state index in [9.17, 15) is 14.1 Å². The summed E-state index contributed by atoms with van der Waals surface area (Å²) in [6.07, 6.45) is 4.70. The van der Waals surface area contributed by atoms with Gasteiger partial charge in [-0.1, -0.05) is 6.08 Å². The number of hydrogen-bond acceptors (Lipinski definition) is 3. The van der Waals surface area contributed by atoms with E-state index in [0.717, 1.165) is 12.8 Å². The Kier molecular flexibility index (Phi) is 5.34. The highest BCUT2D eigenvalue weighted by molar-refractivity contribution is 7.90. The van der Waals surface area contributed by atoms with Crippen LogP contribution >= 0.6 is 0 Å². The van der Waals surface area contributed by atoms with Crippen LogP contribution in [-0.2, 0) is 21.0 Å². The van der Waals surface area contributed by atoms with Gasteiger partial charge in [-0.25, -0.2) is 0 Å². The van der Waals surface area contributed by atoms with Crippen molar-refractivity contribution in [3.63, 3.8) is 0 Å². The van der Waals surface area contributed by atoms with Crippen LogP contribution in [0.25, 0.3) is 0 Å². The Morgan fingerprint density at radius 2 is 2.31 bits per heavy atom. The summed E-state index contributed by atoms with van der Waals surface area (Å²) in [7, 11) is 0. The Balaban J connectivity index is 2.17. The van der Waals surface area contributed by atoms with E-state index < -0.39 is 11.4 Å². The first-order valence-electron chi connectivity index (χ1n) is 5.19. The van der Waals surface area contributed by atoms with Gasteiger partial charge in [0.15, 0.2) is 0 Å². The van der Waals surface area contributed by atoms with Crippen molar-refractivity contribution in [2.75, 3.05) is 0 Å². The van der Waals surface area contributed by atoms with Crippen LogP contribution in [0.2, 0.25) is 0 Å². The Labute approximate surface area is 98.0 Å². The molecule has 2 N–H and O–H groups in total. The van der Waals surface area contributed by atoms with Gasteiger partial charge in [0.1, 0.15) is 5.25 Å². The summed E-state index contributed by atoms with van der Waals surface area (Å²) in [5.41, 5.74) is 0. The third kappa shape index (κ3) is 4.67. The van der Waals surface area contributed by atoms with E-state index in [1.807, 2.05) is 0 Å². The lowest BCUT2D eigenvalue weighted by molar-refractivity contribution is -0.119. The van der Waals surface area contributed by atoms with Crippen LogP contribution in [-0.4, -0.2) is 28.2 Å². The molecule has 90 valence electrons. The molecule has 0 aromatic heterocycles. The van der Waals surface area contributed by atoms with Gasteiger partial charge in [-0.05, 0) is 6.42 Å². The molecule has 6 heteroatoms. The van der Waals surface area contributed by atoms with Gasteiger partial charge in [-0.3, -0.25) is 9.59 Å². The van der Waals surface area contributed by atoms with E-state index in [2.05, 4.69) is 16.6 Å². The van der Waals surface area contributed by atoms with Gasteiger partial charge in [-0.15, -0.1) is 6.58 Å². The fourth-order valence-electron chi connectivity index (χ4n) is 1.17. The first kappa shape index (κ1) is 13.1. The predicted octanol–water partition coefficient (Wildman–Crippen LogP) is 0.00950.